The van der Waals surface area contributed by atoms with Crippen LogP contribution in [0.1, 0.15) is 41.9 Å². The third kappa shape index (κ3) is 4.36. The predicted molar refractivity (Wildman–Crippen MR) is 128 cm³/mol. The Bertz CT molecular complexity index is 1010. The van der Waals surface area contributed by atoms with Crippen LogP contribution in [0.4, 0.5) is 5.82 Å². The summed E-state index contributed by atoms with van der Waals surface area (Å²) < 4.78 is 11.2. The molecule has 0 radical (unpaired) electrons. The lowest BCUT2D eigenvalue weighted by atomic mass is 9.97. The zero-order chi connectivity index (χ0) is 22.2. The topological polar surface area (TPSA) is 71.0 Å². The highest BCUT2D eigenvalue weighted by molar-refractivity contribution is 7.19. The number of rotatable bonds is 4. The Morgan fingerprint density at radius 2 is 1.79 bits per heavy atom. The van der Waals surface area contributed by atoms with Gasteiger partial charge in [0.15, 0.2) is 0 Å². The van der Waals surface area contributed by atoms with Crippen molar-refractivity contribution in [2.24, 2.45) is 0 Å². The fraction of sp³-hybridized carbons (Fsp3) is 0.708. The van der Waals surface area contributed by atoms with E-state index in [4.69, 9.17) is 19.4 Å². The number of hydrogen-bond donors (Lipinski definition) is 0. The molecule has 3 aliphatic heterocycles. The first-order chi connectivity index (χ1) is 16.3. The van der Waals surface area contributed by atoms with E-state index in [1.807, 2.05) is 16.2 Å². The number of aromatic nitrogens is 2. The molecule has 2 aromatic rings. The lowest BCUT2D eigenvalue weighted by Gasteiger charge is -2.37. The summed E-state index contributed by atoms with van der Waals surface area (Å²) in [5.74, 6) is 2.17. The van der Waals surface area contributed by atoms with E-state index in [-0.39, 0.29) is 12.0 Å². The van der Waals surface area contributed by atoms with Gasteiger partial charge in [-0.15, -0.1) is 11.3 Å². The van der Waals surface area contributed by atoms with Crippen LogP contribution in [-0.4, -0.2) is 90.9 Å². The average Bonchev–Trinajstić information content (AvgIpc) is 3.52. The van der Waals surface area contributed by atoms with Crippen LogP contribution in [0.15, 0.2) is 0 Å². The van der Waals surface area contributed by atoms with Crippen LogP contribution >= 0.6 is 11.3 Å². The Labute approximate surface area is 198 Å². The van der Waals surface area contributed by atoms with Crippen LogP contribution in [0.25, 0.3) is 10.2 Å². The summed E-state index contributed by atoms with van der Waals surface area (Å²) in [5.41, 5.74) is 1.48. The zero-order valence-corrected chi connectivity index (χ0v) is 20.1. The first kappa shape index (κ1) is 21.7. The first-order valence-corrected chi connectivity index (χ1v) is 13.3. The molecule has 0 unspecified atom stereocenters. The minimum absolute atomic E-state index is 0.168. The monoisotopic (exact) mass is 471 g/mol. The largest absolute Gasteiger partial charge is 0.379 e. The van der Waals surface area contributed by atoms with Crippen molar-refractivity contribution in [1.29, 1.82) is 0 Å². The number of anilines is 1. The number of amides is 1. The highest BCUT2D eigenvalue weighted by atomic mass is 32.1. The van der Waals surface area contributed by atoms with E-state index in [0.717, 1.165) is 101 Å². The molecule has 8 nitrogen and oxygen atoms in total. The van der Waals surface area contributed by atoms with Crippen LogP contribution < -0.4 is 4.90 Å². The van der Waals surface area contributed by atoms with E-state index in [1.54, 1.807) is 0 Å². The Kier molecular flexibility index (Phi) is 6.21. The maximum atomic E-state index is 12.8. The summed E-state index contributed by atoms with van der Waals surface area (Å²) in [5, 5.41) is 1.28. The summed E-state index contributed by atoms with van der Waals surface area (Å²) in [4.78, 5) is 32.4. The average molecular weight is 472 g/mol. The molecule has 0 saturated carbocycles. The second-order valence-corrected chi connectivity index (χ2v) is 10.6. The van der Waals surface area contributed by atoms with Gasteiger partial charge in [-0.05, 0) is 44.1 Å². The van der Waals surface area contributed by atoms with Crippen LogP contribution in [0.2, 0.25) is 0 Å². The standard InChI is InChI=1S/C24H33N5O3S/c30-24(18-5-3-13-32-18)29-9-7-28(8-10-29)22-21-17-4-1-2-6-19(17)33-23(21)26-20(25-22)16-27-11-14-31-15-12-27/h18H,1-16H2/t18-/m0/s1. The van der Waals surface area contributed by atoms with E-state index < -0.39 is 0 Å². The highest BCUT2D eigenvalue weighted by Crippen LogP contribution is 2.40. The number of thiophene rings is 1. The number of carbonyl (C=O) groups excluding carboxylic acids is 1. The van der Waals surface area contributed by atoms with Crippen LogP contribution in [-0.2, 0) is 33.7 Å². The molecule has 33 heavy (non-hydrogen) atoms. The number of piperazine rings is 1. The molecular weight excluding hydrogens is 438 g/mol. The number of nitrogens with zero attached hydrogens (tertiary/aromatic N) is 5. The minimum atomic E-state index is -0.230. The van der Waals surface area contributed by atoms with Gasteiger partial charge in [0.2, 0.25) is 0 Å². The summed E-state index contributed by atoms with van der Waals surface area (Å²) in [6.45, 7) is 8.00. The zero-order valence-electron chi connectivity index (χ0n) is 19.3. The van der Waals surface area contributed by atoms with Gasteiger partial charge in [0.1, 0.15) is 22.6 Å². The van der Waals surface area contributed by atoms with E-state index >= 15 is 0 Å². The summed E-state index contributed by atoms with van der Waals surface area (Å²) in [7, 11) is 0. The molecular formula is C24H33N5O3S. The van der Waals surface area contributed by atoms with Crippen molar-refractivity contribution in [2.75, 3.05) is 64.0 Å². The lowest BCUT2D eigenvalue weighted by molar-refractivity contribution is -0.141. The van der Waals surface area contributed by atoms with Crippen molar-refractivity contribution in [3.05, 3.63) is 16.3 Å². The van der Waals surface area contributed by atoms with Crippen molar-refractivity contribution in [1.82, 2.24) is 19.8 Å². The van der Waals surface area contributed by atoms with Crippen molar-refractivity contribution in [3.63, 3.8) is 0 Å². The number of ether oxygens (including phenoxy) is 2. The Balaban J connectivity index is 1.27. The summed E-state index contributed by atoms with van der Waals surface area (Å²) >= 11 is 1.87. The van der Waals surface area contributed by atoms with Crippen molar-refractivity contribution >= 4 is 33.3 Å². The number of aryl methyl sites for hydroxylation is 2. The number of morpholine rings is 1. The van der Waals surface area contributed by atoms with Crippen LogP contribution in [0.5, 0.6) is 0 Å². The SMILES string of the molecule is O=C([C@@H]1CCCO1)N1CCN(c2nc(CN3CCOCC3)nc3sc4c(c23)CCCC4)CC1. The van der Waals surface area contributed by atoms with Gasteiger partial charge in [-0.3, -0.25) is 9.69 Å². The van der Waals surface area contributed by atoms with Gasteiger partial charge >= 0.3 is 0 Å². The predicted octanol–water partition coefficient (Wildman–Crippen LogP) is 2.23. The third-order valence-electron chi connectivity index (χ3n) is 7.41. The van der Waals surface area contributed by atoms with E-state index in [1.165, 1.54) is 28.7 Å². The van der Waals surface area contributed by atoms with Crippen molar-refractivity contribution < 1.29 is 14.3 Å². The molecule has 4 aliphatic rings. The van der Waals surface area contributed by atoms with Crippen LogP contribution in [0.3, 0.4) is 0 Å². The fourth-order valence-electron chi connectivity index (χ4n) is 5.55. The lowest BCUT2D eigenvalue weighted by Crippen LogP contribution is -2.51. The second kappa shape index (κ2) is 9.44. The highest BCUT2D eigenvalue weighted by Gasteiger charge is 2.32. The molecule has 178 valence electrons. The molecule has 5 heterocycles. The van der Waals surface area contributed by atoms with Gasteiger partial charge in [-0.1, -0.05) is 0 Å². The van der Waals surface area contributed by atoms with Crippen molar-refractivity contribution in [2.45, 2.75) is 51.2 Å². The Morgan fingerprint density at radius 1 is 0.970 bits per heavy atom. The Morgan fingerprint density at radius 3 is 2.58 bits per heavy atom. The summed E-state index contributed by atoms with van der Waals surface area (Å²) in [6, 6.07) is 0. The number of fused-ring (bicyclic) bond motifs is 3. The normalized spacial score (nSPS) is 24.4. The first-order valence-electron chi connectivity index (χ1n) is 12.5. The van der Waals surface area contributed by atoms with Crippen molar-refractivity contribution in [3.8, 4) is 0 Å². The molecule has 6 rings (SSSR count). The molecule has 0 bridgehead atoms. The Hall–Kier alpha value is -1.81. The second-order valence-electron chi connectivity index (χ2n) is 9.56. The van der Waals surface area contributed by atoms with Gasteiger partial charge in [0.25, 0.3) is 5.91 Å². The molecule has 0 N–H and O–H groups in total. The molecule has 0 spiro atoms. The molecule has 3 fully saturated rings. The maximum absolute atomic E-state index is 12.8. The fourth-order valence-corrected chi connectivity index (χ4v) is 6.83. The quantitative estimate of drug-likeness (QED) is 0.677. The van der Waals surface area contributed by atoms with Gasteiger partial charge < -0.3 is 19.3 Å². The van der Waals surface area contributed by atoms with E-state index in [2.05, 4.69) is 9.80 Å². The minimum Gasteiger partial charge on any atom is -0.379 e. The van der Waals surface area contributed by atoms with Gasteiger partial charge in [-0.25, -0.2) is 9.97 Å². The maximum Gasteiger partial charge on any atom is 0.251 e. The smallest absolute Gasteiger partial charge is 0.251 e. The van der Waals surface area contributed by atoms with E-state index in [9.17, 15) is 4.79 Å². The molecule has 1 aliphatic carbocycles. The van der Waals surface area contributed by atoms with Gasteiger partial charge in [0.05, 0.1) is 25.1 Å². The molecule has 3 saturated heterocycles. The number of hydrogen-bond acceptors (Lipinski definition) is 8. The van der Waals surface area contributed by atoms with Gasteiger partial charge in [0, 0.05) is 50.8 Å². The number of carbonyl (C=O) groups is 1. The summed E-state index contributed by atoms with van der Waals surface area (Å²) in [6.07, 6.45) is 6.43. The van der Waals surface area contributed by atoms with Crippen LogP contribution in [0, 0.1) is 0 Å². The molecule has 1 amide bonds. The third-order valence-corrected chi connectivity index (χ3v) is 8.59. The molecule has 0 aromatic carbocycles. The van der Waals surface area contributed by atoms with Gasteiger partial charge in [-0.2, -0.15) is 0 Å². The molecule has 9 heteroatoms. The van der Waals surface area contributed by atoms with E-state index in [0.29, 0.717) is 6.61 Å². The molecule has 1 atom stereocenters. The molecule has 2 aromatic heterocycles.